The van der Waals surface area contributed by atoms with Crippen LogP contribution < -0.4 is 0 Å². The number of carboxylic acid groups (broad SMARTS) is 1. The third kappa shape index (κ3) is 3.51. The van der Waals surface area contributed by atoms with Crippen LogP contribution in [0, 0.1) is 0 Å². The zero-order valence-corrected chi connectivity index (χ0v) is 10.3. The number of aliphatic carboxylic acids is 1. The first-order valence-corrected chi connectivity index (χ1v) is 6.02. The average molecular weight is 258 g/mol. The van der Waals surface area contributed by atoms with Gasteiger partial charge in [-0.25, -0.2) is 4.68 Å². The Kier molecular flexibility index (Phi) is 4.07. The van der Waals surface area contributed by atoms with E-state index in [4.69, 9.17) is 5.11 Å². The molecule has 19 heavy (non-hydrogen) atoms. The monoisotopic (exact) mass is 258 g/mol. The van der Waals surface area contributed by atoms with Crippen molar-refractivity contribution in [3.05, 3.63) is 48.3 Å². The van der Waals surface area contributed by atoms with Crippen LogP contribution in [0.4, 0.5) is 0 Å². The molecule has 1 N–H and O–H groups in total. The number of carbonyl (C=O) groups excluding carboxylic acids is 1. The van der Waals surface area contributed by atoms with E-state index in [2.05, 4.69) is 5.10 Å². The Morgan fingerprint density at radius 1 is 1.16 bits per heavy atom. The Labute approximate surface area is 110 Å². The molecule has 0 unspecified atom stereocenters. The zero-order valence-electron chi connectivity index (χ0n) is 10.3. The van der Waals surface area contributed by atoms with Gasteiger partial charge < -0.3 is 5.11 Å². The summed E-state index contributed by atoms with van der Waals surface area (Å²) in [4.78, 5) is 22.2. The maximum atomic E-state index is 11.8. The van der Waals surface area contributed by atoms with E-state index in [1.54, 1.807) is 10.9 Å². The molecule has 98 valence electrons. The molecular formula is C14H14N2O3. The molecule has 2 aromatic rings. The van der Waals surface area contributed by atoms with Crippen LogP contribution in [0.2, 0.25) is 0 Å². The summed E-state index contributed by atoms with van der Waals surface area (Å²) in [6, 6.07) is 9.49. The highest BCUT2D eigenvalue weighted by Gasteiger charge is 2.10. The number of ketones is 1. The van der Waals surface area contributed by atoms with Crippen LogP contribution in [0.5, 0.6) is 0 Å². The van der Waals surface area contributed by atoms with Crippen molar-refractivity contribution in [1.82, 2.24) is 9.78 Å². The van der Waals surface area contributed by atoms with E-state index in [9.17, 15) is 9.59 Å². The first kappa shape index (κ1) is 13.0. The molecule has 1 aromatic heterocycles. The van der Waals surface area contributed by atoms with Gasteiger partial charge in [-0.05, 0) is 18.6 Å². The second kappa shape index (κ2) is 5.95. The molecule has 0 aliphatic heterocycles. The van der Waals surface area contributed by atoms with Gasteiger partial charge in [-0.3, -0.25) is 9.59 Å². The highest BCUT2D eigenvalue weighted by Crippen LogP contribution is 2.10. The Bertz CT molecular complexity index is 575. The minimum Gasteiger partial charge on any atom is -0.481 e. The summed E-state index contributed by atoms with van der Waals surface area (Å²) < 4.78 is 1.63. The van der Waals surface area contributed by atoms with Crippen molar-refractivity contribution in [2.75, 3.05) is 0 Å². The van der Waals surface area contributed by atoms with Gasteiger partial charge in [0.1, 0.15) is 0 Å². The average Bonchev–Trinajstić information content (AvgIpc) is 2.89. The summed E-state index contributed by atoms with van der Waals surface area (Å²) >= 11 is 0. The van der Waals surface area contributed by atoms with Gasteiger partial charge >= 0.3 is 5.97 Å². The number of nitrogens with zero attached hydrogens (tertiary/aromatic N) is 2. The van der Waals surface area contributed by atoms with E-state index in [0.29, 0.717) is 12.0 Å². The van der Waals surface area contributed by atoms with E-state index in [-0.39, 0.29) is 18.6 Å². The Hall–Kier alpha value is -2.43. The highest BCUT2D eigenvalue weighted by molar-refractivity contribution is 5.95. The van der Waals surface area contributed by atoms with Crippen molar-refractivity contribution in [3.8, 4) is 5.69 Å². The molecule has 0 aliphatic carbocycles. The lowest BCUT2D eigenvalue weighted by Crippen LogP contribution is -2.01. The summed E-state index contributed by atoms with van der Waals surface area (Å²) in [5.74, 6) is -0.962. The Morgan fingerprint density at radius 2 is 1.89 bits per heavy atom. The van der Waals surface area contributed by atoms with Crippen LogP contribution >= 0.6 is 0 Å². The number of benzene rings is 1. The number of Topliss-reactive ketones (excluding diaryl/α,β-unsaturated/α-hetero) is 1. The maximum absolute atomic E-state index is 11.8. The quantitative estimate of drug-likeness (QED) is 0.807. The summed E-state index contributed by atoms with van der Waals surface area (Å²) in [5.41, 5.74) is 1.39. The SMILES string of the molecule is O=C(O)CCCC(=O)c1cnn(-c2ccccc2)c1. The summed E-state index contributed by atoms with van der Waals surface area (Å²) in [6.07, 6.45) is 3.77. The lowest BCUT2D eigenvalue weighted by molar-refractivity contribution is -0.137. The van der Waals surface area contributed by atoms with Crippen molar-refractivity contribution in [2.24, 2.45) is 0 Å². The van der Waals surface area contributed by atoms with E-state index >= 15 is 0 Å². The molecular weight excluding hydrogens is 244 g/mol. The molecule has 0 fully saturated rings. The normalized spacial score (nSPS) is 10.3. The molecule has 2 rings (SSSR count). The van der Waals surface area contributed by atoms with Crippen molar-refractivity contribution < 1.29 is 14.7 Å². The van der Waals surface area contributed by atoms with Gasteiger partial charge in [0.25, 0.3) is 0 Å². The molecule has 1 aromatic carbocycles. The van der Waals surface area contributed by atoms with E-state index < -0.39 is 5.97 Å². The third-order valence-corrected chi connectivity index (χ3v) is 2.72. The lowest BCUT2D eigenvalue weighted by Gasteiger charge is -1.99. The fraction of sp³-hybridized carbons (Fsp3) is 0.214. The molecule has 1 heterocycles. The second-order valence-electron chi connectivity index (χ2n) is 4.18. The molecule has 0 saturated heterocycles. The molecule has 0 saturated carbocycles. The van der Waals surface area contributed by atoms with Crippen LogP contribution in [0.15, 0.2) is 42.7 Å². The first-order chi connectivity index (χ1) is 9.16. The number of carboxylic acids is 1. The van der Waals surface area contributed by atoms with Gasteiger partial charge in [0.05, 0.1) is 17.4 Å². The summed E-state index contributed by atoms with van der Waals surface area (Å²) in [7, 11) is 0. The van der Waals surface area contributed by atoms with E-state index in [1.165, 1.54) is 6.20 Å². The van der Waals surface area contributed by atoms with Gasteiger partial charge in [0.15, 0.2) is 5.78 Å². The minimum atomic E-state index is -0.882. The summed E-state index contributed by atoms with van der Waals surface area (Å²) in [6.45, 7) is 0. The Balaban J connectivity index is 2.01. The molecule has 5 nitrogen and oxygen atoms in total. The fourth-order valence-electron chi connectivity index (χ4n) is 1.73. The van der Waals surface area contributed by atoms with Gasteiger partial charge in [0.2, 0.25) is 0 Å². The molecule has 0 bridgehead atoms. The number of aromatic nitrogens is 2. The first-order valence-electron chi connectivity index (χ1n) is 6.02. The standard InChI is InChI=1S/C14H14N2O3/c17-13(7-4-8-14(18)19)11-9-15-16(10-11)12-5-2-1-3-6-12/h1-3,5-6,9-10H,4,7-8H2,(H,18,19). The molecule has 0 amide bonds. The molecule has 0 atom stereocenters. The minimum absolute atomic E-state index is 0.0125. The van der Waals surface area contributed by atoms with E-state index in [1.807, 2.05) is 30.3 Å². The van der Waals surface area contributed by atoms with Gasteiger partial charge in [-0.2, -0.15) is 5.10 Å². The van der Waals surface area contributed by atoms with Crippen molar-refractivity contribution in [1.29, 1.82) is 0 Å². The van der Waals surface area contributed by atoms with Gasteiger partial charge in [0, 0.05) is 19.0 Å². The number of hydrogen-bond acceptors (Lipinski definition) is 3. The molecule has 0 radical (unpaired) electrons. The number of hydrogen-bond donors (Lipinski definition) is 1. The molecule has 0 aliphatic rings. The predicted octanol–water partition coefficient (Wildman–Crippen LogP) is 2.31. The molecule has 0 spiro atoms. The predicted molar refractivity (Wildman–Crippen MR) is 69.4 cm³/mol. The van der Waals surface area contributed by atoms with Crippen LogP contribution in [0.3, 0.4) is 0 Å². The van der Waals surface area contributed by atoms with Crippen molar-refractivity contribution in [2.45, 2.75) is 19.3 Å². The lowest BCUT2D eigenvalue weighted by atomic mass is 10.1. The second-order valence-corrected chi connectivity index (χ2v) is 4.18. The maximum Gasteiger partial charge on any atom is 0.303 e. The van der Waals surface area contributed by atoms with Gasteiger partial charge in [-0.15, -0.1) is 0 Å². The topological polar surface area (TPSA) is 72.2 Å². The third-order valence-electron chi connectivity index (χ3n) is 2.72. The number of carbonyl (C=O) groups is 2. The number of para-hydroxylation sites is 1. The number of rotatable bonds is 6. The smallest absolute Gasteiger partial charge is 0.303 e. The van der Waals surface area contributed by atoms with Crippen LogP contribution in [0.25, 0.3) is 5.69 Å². The fourth-order valence-corrected chi connectivity index (χ4v) is 1.73. The van der Waals surface area contributed by atoms with E-state index in [0.717, 1.165) is 5.69 Å². The van der Waals surface area contributed by atoms with Crippen molar-refractivity contribution in [3.63, 3.8) is 0 Å². The molecule has 5 heteroatoms. The van der Waals surface area contributed by atoms with Gasteiger partial charge in [-0.1, -0.05) is 18.2 Å². The van der Waals surface area contributed by atoms with Crippen LogP contribution in [-0.4, -0.2) is 26.6 Å². The van der Waals surface area contributed by atoms with Crippen LogP contribution in [0.1, 0.15) is 29.6 Å². The van der Waals surface area contributed by atoms with Crippen LogP contribution in [-0.2, 0) is 4.79 Å². The van der Waals surface area contributed by atoms with Crippen molar-refractivity contribution >= 4 is 11.8 Å². The largest absolute Gasteiger partial charge is 0.481 e. The Morgan fingerprint density at radius 3 is 2.58 bits per heavy atom. The zero-order chi connectivity index (χ0) is 13.7. The highest BCUT2D eigenvalue weighted by atomic mass is 16.4. The summed E-state index contributed by atoms with van der Waals surface area (Å²) in [5, 5.41) is 12.7.